The number of halogens is 1. The van der Waals surface area contributed by atoms with Gasteiger partial charge in [0.15, 0.2) is 0 Å². The molecule has 2 aromatic carbocycles. The number of benzene rings is 2. The van der Waals surface area contributed by atoms with Crippen molar-refractivity contribution in [1.82, 2.24) is 15.0 Å². The summed E-state index contributed by atoms with van der Waals surface area (Å²) >= 11 is 6.00. The third-order valence-electron chi connectivity index (χ3n) is 3.69. The standard InChI is InChI=1S/C19H20ClN5/c20-17-23-18(21-13-11-15-7-3-1-4-8-15)25-19(24-17)22-14-12-16-9-5-2-6-10-16/h1-10H,11-14H2,(H2,21,22,23,24,25). The van der Waals surface area contributed by atoms with E-state index in [4.69, 9.17) is 11.6 Å². The molecule has 5 nitrogen and oxygen atoms in total. The largest absolute Gasteiger partial charge is 0.354 e. The first kappa shape index (κ1) is 17.2. The molecule has 0 radical (unpaired) electrons. The van der Waals surface area contributed by atoms with E-state index in [0.717, 1.165) is 25.9 Å². The quantitative estimate of drug-likeness (QED) is 0.644. The molecule has 0 amide bonds. The minimum Gasteiger partial charge on any atom is -0.354 e. The lowest BCUT2D eigenvalue weighted by Crippen LogP contribution is -2.12. The van der Waals surface area contributed by atoms with Crippen molar-refractivity contribution >= 4 is 23.5 Å². The van der Waals surface area contributed by atoms with E-state index in [1.54, 1.807) is 0 Å². The van der Waals surface area contributed by atoms with Crippen LogP contribution in [0, 0.1) is 0 Å². The molecule has 3 aromatic rings. The molecule has 2 N–H and O–H groups in total. The molecule has 0 aliphatic carbocycles. The summed E-state index contributed by atoms with van der Waals surface area (Å²) in [5.41, 5.74) is 2.52. The van der Waals surface area contributed by atoms with E-state index in [-0.39, 0.29) is 5.28 Å². The second-order valence-corrected chi connectivity index (χ2v) is 5.91. The highest BCUT2D eigenvalue weighted by Crippen LogP contribution is 2.10. The fourth-order valence-corrected chi connectivity index (χ4v) is 2.59. The number of hydrogen-bond donors (Lipinski definition) is 2. The van der Waals surface area contributed by atoms with Crippen molar-refractivity contribution in [3.63, 3.8) is 0 Å². The summed E-state index contributed by atoms with van der Waals surface area (Å²) in [6.07, 6.45) is 1.78. The molecule has 6 heteroatoms. The Labute approximate surface area is 152 Å². The van der Waals surface area contributed by atoms with Crippen LogP contribution in [0.2, 0.25) is 5.28 Å². The zero-order valence-corrected chi connectivity index (χ0v) is 14.6. The SMILES string of the molecule is Clc1nc(NCCc2ccccc2)nc(NCCc2ccccc2)n1. The minimum atomic E-state index is 0.180. The van der Waals surface area contributed by atoms with Crippen LogP contribution in [-0.4, -0.2) is 28.0 Å². The van der Waals surface area contributed by atoms with Crippen LogP contribution in [0.3, 0.4) is 0 Å². The van der Waals surface area contributed by atoms with Gasteiger partial charge >= 0.3 is 0 Å². The highest BCUT2D eigenvalue weighted by Gasteiger charge is 2.04. The topological polar surface area (TPSA) is 62.7 Å². The van der Waals surface area contributed by atoms with E-state index in [1.807, 2.05) is 36.4 Å². The van der Waals surface area contributed by atoms with Crippen LogP contribution in [-0.2, 0) is 12.8 Å². The normalized spacial score (nSPS) is 10.4. The Bertz CT molecular complexity index is 717. The summed E-state index contributed by atoms with van der Waals surface area (Å²) < 4.78 is 0. The molecule has 25 heavy (non-hydrogen) atoms. The third kappa shape index (κ3) is 5.72. The lowest BCUT2D eigenvalue weighted by molar-refractivity contribution is 0.939. The van der Waals surface area contributed by atoms with Crippen molar-refractivity contribution in [1.29, 1.82) is 0 Å². The Balaban J connectivity index is 1.51. The number of anilines is 2. The average molecular weight is 354 g/mol. The first-order valence-electron chi connectivity index (χ1n) is 8.27. The Morgan fingerprint density at radius 1 is 0.640 bits per heavy atom. The fourth-order valence-electron chi connectivity index (χ4n) is 2.43. The van der Waals surface area contributed by atoms with Gasteiger partial charge < -0.3 is 10.6 Å². The molecule has 3 rings (SSSR count). The Kier molecular flexibility index (Phi) is 6.17. The summed E-state index contributed by atoms with van der Waals surface area (Å²) in [6, 6.07) is 20.5. The van der Waals surface area contributed by atoms with Gasteiger partial charge in [0.1, 0.15) is 0 Å². The summed E-state index contributed by atoms with van der Waals surface area (Å²) in [6.45, 7) is 1.46. The molecule has 0 spiro atoms. The predicted molar refractivity (Wildman–Crippen MR) is 102 cm³/mol. The predicted octanol–water partition coefficient (Wildman–Crippen LogP) is 3.83. The van der Waals surface area contributed by atoms with Gasteiger partial charge in [0, 0.05) is 13.1 Å². The maximum absolute atomic E-state index is 6.00. The van der Waals surface area contributed by atoms with E-state index in [1.165, 1.54) is 11.1 Å². The molecule has 0 atom stereocenters. The van der Waals surface area contributed by atoms with Crippen molar-refractivity contribution in [3.05, 3.63) is 77.1 Å². The van der Waals surface area contributed by atoms with Crippen LogP contribution < -0.4 is 10.6 Å². The molecule has 0 saturated carbocycles. The van der Waals surface area contributed by atoms with Crippen LogP contribution in [0.5, 0.6) is 0 Å². The number of nitrogens with zero attached hydrogens (tertiary/aromatic N) is 3. The zero-order valence-electron chi connectivity index (χ0n) is 13.8. The van der Waals surface area contributed by atoms with Crippen molar-refractivity contribution in [3.8, 4) is 0 Å². The van der Waals surface area contributed by atoms with Crippen molar-refractivity contribution in [2.75, 3.05) is 23.7 Å². The fraction of sp³-hybridized carbons (Fsp3) is 0.211. The van der Waals surface area contributed by atoms with Gasteiger partial charge in [0.05, 0.1) is 0 Å². The molecule has 0 saturated heterocycles. The minimum absolute atomic E-state index is 0.180. The number of hydrogen-bond acceptors (Lipinski definition) is 5. The van der Waals surface area contributed by atoms with E-state index >= 15 is 0 Å². The van der Waals surface area contributed by atoms with Gasteiger partial charge in [-0.05, 0) is 35.6 Å². The molecule has 1 heterocycles. The highest BCUT2D eigenvalue weighted by molar-refractivity contribution is 6.28. The maximum Gasteiger partial charge on any atom is 0.228 e. The molecular weight excluding hydrogens is 334 g/mol. The molecule has 0 bridgehead atoms. The zero-order chi connectivity index (χ0) is 17.3. The average Bonchev–Trinajstić information content (AvgIpc) is 2.63. The van der Waals surface area contributed by atoms with Gasteiger partial charge in [-0.25, -0.2) is 0 Å². The molecule has 0 aliphatic heterocycles. The number of aromatic nitrogens is 3. The van der Waals surface area contributed by atoms with Crippen LogP contribution in [0.4, 0.5) is 11.9 Å². The molecule has 0 aliphatic rings. The van der Waals surface area contributed by atoms with Gasteiger partial charge in [-0.3, -0.25) is 0 Å². The molecule has 0 fully saturated rings. The highest BCUT2D eigenvalue weighted by atomic mass is 35.5. The van der Waals surface area contributed by atoms with Crippen LogP contribution >= 0.6 is 11.6 Å². The van der Waals surface area contributed by atoms with Crippen LogP contribution in [0.25, 0.3) is 0 Å². The van der Waals surface area contributed by atoms with Gasteiger partial charge in [0.2, 0.25) is 17.2 Å². The van der Waals surface area contributed by atoms with E-state index in [0.29, 0.717) is 11.9 Å². The first-order chi connectivity index (χ1) is 12.3. The van der Waals surface area contributed by atoms with Gasteiger partial charge in [0.25, 0.3) is 0 Å². The molecular formula is C19H20ClN5. The number of nitrogens with one attached hydrogen (secondary N) is 2. The Morgan fingerprint density at radius 3 is 1.52 bits per heavy atom. The third-order valence-corrected chi connectivity index (χ3v) is 3.86. The second-order valence-electron chi connectivity index (χ2n) is 5.58. The Hall–Kier alpha value is -2.66. The van der Waals surface area contributed by atoms with Gasteiger partial charge in [-0.2, -0.15) is 15.0 Å². The van der Waals surface area contributed by atoms with Gasteiger partial charge in [-0.1, -0.05) is 60.7 Å². The van der Waals surface area contributed by atoms with Crippen molar-refractivity contribution in [2.45, 2.75) is 12.8 Å². The van der Waals surface area contributed by atoms with Crippen LogP contribution in [0.15, 0.2) is 60.7 Å². The van der Waals surface area contributed by atoms with E-state index in [9.17, 15) is 0 Å². The monoisotopic (exact) mass is 353 g/mol. The summed E-state index contributed by atoms with van der Waals surface area (Å²) in [7, 11) is 0. The molecule has 0 unspecified atom stereocenters. The van der Waals surface area contributed by atoms with Crippen LogP contribution in [0.1, 0.15) is 11.1 Å². The number of rotatable bonds is 8. The lowest BCUT2D eigenvalue weighted by atomic mass is 10.1. The smallest absolute Gasteiger partial charge is 0.228 e. The maximum atomic E-state index is 6.00. The van der Waals surface area contributed by atoms with Crippen molar-refractivity contribution in [2.24, 2.45) is 0 Å². The second kappa shape index (κ2) is 8.99. The van der Waals surface area contributed by atoms with Gasteiger partial charge in [-0.15, -0.1) is 0 Å². The molecule has 128 valence electrons. The van der Waals surface area contributed by atoms with Crippen molar-refractivity contribution < 1.29 is 0 Å². The summed E-state index contributed by atoms with van der Waals surface area (Å²) in [5, 5.41) is 6.57. The molecule has 1 aromatic heterocycles. The summed E-state index contributed by atoms with van der Waals surface area (Å²) in [4.78, 5) is 12.6. The summed E-state index contributed by atoms with van der Waals surface area (Å²) in [5.74, 6) is 0.969. The van der Waals surface area contributed by atoms with E-state index < -0.39 is 0 Å². The van der Waals surface area contributed by atoms with E-state index in [2.05, 4.69) is 49.9 Å². The first-order valence-corrected chi connectivity index (χ1v) is 8.64. The Morgan fingerprint density at radius 2 is 1.08 bits per heavy atom. The lowest BCUT2D eigenvalue weighted by Gasteiger charge is -2.08.